The molecule has 3 heterocycles. The fourth-order valence-electron chi connectivity index (χ4n) is 6.41. The van der Waals surface area contributed by atoms with Crippen LogP contribution in [0.25, 0.3) is 21.8 Å². The highest BCUT2D eigenvalue weighted by molar-refractivity contribution is 5.87. The van der Waals surface area contributed by atoms with Crippen molar-refractivity contribution in [2.45, 2.75) is 105 Å². The second-order valence-corrected chi connectivity index (χ2v) is 14.0. The number of ketones is 1. The number of hydrogen-bond donors (Lipinski definition) is 3. The van der Waals surface area contributed by atoms with Gasteiger partial charge >= 0.3 is 6.09 Å². The van der Waals surface area contributed by atoms with Crippen molar-refractivity contribution in [2.75, 3.05) is 0 Å². The number of amides is 2. The third-order valence-corrected chi connectivity index (χ3v) is 8.87. The maximum atomic E-state index is 13.1. The number of nitrogens with one attached hydrogen (secondary N) is 2. The van der Waals surface area contributed by atoms with Gasteiger partial charge < -0.3 is 21.1 Å². The van der Waals surface area contributed by atoms with Crippen molar-refractivity contribution >= 4 is 39.6 Å². The van der Waals surface area contributed by atoms with Crippen LogP contribution >= 0.6 is 0 Å². The average molecular weight is 712 g/mol. The molecule has 1 aliphatic heterocycles. The number of fused-ring (bicyclic) bond motifs is 2. The molecule has 2 aliphatic rings. The molecular formula is C39H49N7O6. The van der Waals surface area contributed by atoms with E-state index in [1.54, 1.807) is 58.9 Å². The lowest BCUT2D eigenvalue weighted by molar-refractivity contribution is -0.125. The number of aryl methyl sites for hydroxylation is 2. The Kier molecular flexibility index (Phi) is 12.0. The minimum Gasteiger partial charge on any atom is -0.444 e. The van der Waals surface area contributed by atoms with Gasteiger partial charge in [0.05, 0.1) is 27.8 Å². The topological polar surface area (TPSA) is 180 Å². The Balaban J connectivity index is 0.000000236. The number of rotatable bonds is 5. The van der Waals surface area contributed by atoms with Crippen LogP contribution in [0.4, 0.5) is 4.79 Å². The maximum absolute atomic E-state index is 13.1. The van der Waals surface area contributed by atoms with Crippen molar-refractivity contribution < 1.29 is 19.1 Å². The SMILES string of the molecule is C.C=C1CCC(n2c(C)nc3cc(CN)ccc3c2=O)C(=O)N1.C=C1CCC(n2c(C)nc3cc(CNC(=O)OC(C)(C)C)ccc3c2=O)C(=O)C1. The van der Waals surface area contributed by atoms with Crippen LogP contribution in [0.2, 0.25) is 0 Å². The van der Waals surface area contributed by atoms with Gasteiger partial charge in [-0.05, 0) is 95.7 Å². The number of carbonyl (C=O) groups is 3. The van der Waals surface area contributed by atoms with Crippen molar-refractivity contribution in [3.05, 3.63) is 104 Å². The molecule has 2 amide bonds. The Morgan fingerprint density at radius 3 is 1.98 bits per heavy atom. The molecule has 2 unspecified atom stereocenters. The molecule has 276 valence electrons. The summed E-state index contributed by atoms with van der Waals surface area (Å²) < 4.78 is 8.22. The number of nitrogens with zero attached hydrogens (tertiary/aromatic N) is 4. The number of nitrogens with two attached hydrogens (primary N) is 1. The molecule has 52 heavy (non-hydrogen) atoms. The van der Waals surface area contributed by atoms with Gasteiger partial charge in [-0.1, -0.05) is 38.3 Å². The number of carbonyl (C=O) groups excluding carboxylic acids is 3. The molecule has 2 atom stereocenters. The van der Waals surface area contributed by atoms with Gasteiger partial charge in [0, 0.05) is 25.2 Å². The van der Waals surface area contributed by atoms with Gasteiger partial charge in [-0.2, -0.15) is 0 Å². The van der Waals surface area contributed by atoms with Gasteiger partial charge in [0.15, 0.2) is 5.78 Å². The lowest BCUT2D eigenvalue weighted by Crippen LogP contribution is -2.41. The van der Waals surface area contributed by atoms with E-state index < -0.39 is 23.8 Å². The van der Waals surface area contributed by atoms with E-state index >= 15 is 0 Å². The molecule has 4 N–H and O–H groups in total. The van der Waals surface area contributed by atoms with E-state index in [0.29, 0.717) is 71.4 Å². The van der Waals surface area contributed by atoms with Crippen molar-refractivity contribution in [2.24, 2.45) is 5.73 Å². The molecular weight excluding hydrogens is 662 g/mol. The number of aromatic nitrogens is 4. The third-order valence-electron chi connectivity index (χ3n) is 8.87. The Morgan fingerprint density at radius 2 is 1.44 bits per heavy atom. The molecule has 1 saturated carbocycles. The molecule has 0 spiro atoms. The summed E-state index contributed by atoms with van der Waals surface area (Å²) in [6.45, 7) is 17.2. The minimum atomic E-state index is -0.569. The van der Waals surface area contributed by atoms with Gasteiger partial charge in [-0.25, -0.2) is 14.8 Å². The van der Waals surface area contributed by atoms with Crippen molar-refractivity contribution in [3.63, 3.8) is 0 Å². The van der Waals surface area contributed by atoms with Crippen LogP contribution in [-0.4, -0.2) is 42.5 Å². The lowest BCUT2D eigenvalue weighted by Gasteiger charge is -2.26. The summed E-state index contributed by atoms with van der Waals surface area (Å²) in [5.74, 6) is 0.830. The monoisotopic (exact) mass is 711 g/mol. The Hall–Kier alpha value is -5.43. The predicted octanol–water partition coefficient (Wildman–Crippen LogP) is 5.34. The number of alkyl carbamates (subject to hydrolysis) is 1. The van der Waals surface area contributed by atoms with Crippen LogP contribution in [-0.2, 0) is 27.4 Å². The Morgan fingerprint density at radius 1 is 0.904 bits per heavy atom. The molecule has 13 nitrogen and oxygen atoms in total. The second kappa shape index (κ2) is 15.9. The van der Waals surface area contributed by atoms with E-state index in [2.05, 4.69) is 33.8 Å². The van der Waals surface area contributed by atoms with E-state index in [0.717, 1.165) is 23.1 Å². The largest absolute Gasteiger partial charge is 0.444 e. The van der Waals surface area contributed by atoms with Gasteiger partial charge in [-0.3, -0.25) is 28.3 Å². The molecule has 2 aromatic heterocycles. The normalized spacial score (nSPS) is 17.6. The standard InChI is InChI=1S/C22H27N3O4.C16H18N4O2.CH4/c1-13-6-9-18(19(26)10-13)25-14(2)24-17-11-15(7-8-16(17)20(25)27)12-23-21(28)29-22(3,4)5;1-9-3-6-14(15(21)18-9)20-10(2)19-13-7-11(8-17)4-5-12(13)16(20)22;/h7-8,11,18H,1,6,9-10,12H2,2-5H3,(H,23,28);4-5,7,14H,1,3,6,8,17H2,2H3,(H,18,21);1H4. The number of allylic oxidation sites excluding steroid dienone is 2. The zero-order chi connectivity index (χ0) is 37.2. The Bertz CT molecular complexity index is 2190. The number of hydrogen-bond acceptors (Lipinski definition) is 9. The number of piperidine rings is 1. The fraction of sp³-hybridized carbons (Fsp3) is 0.410. The molecule has 1 saturated heterocycles. The van der Waals surface area contributed by atoms with E-state index in [1.807, 2.05) is 12.1 Å². The zero-order valence-corrected chi connectivity index (χ0v) is 29.8. The van der Waals surface area contributed by atoms with E-state index in [-0.39, 0.29) is 36.8 Å². The third kappa shape index (κ3) is 8.71. The van der Waals surface area contributed by atoms with Crippen LogP contribution in [0.1, 0.15) is 95.2 Å². The van der Waals surface area contributed by atoms with Crippen molar-refractivity contribution in [1.82, 2.24) is 29.7 Å². The molecule has 6 rings (SSSR count). The van der Waals surface area contributed by atoms with Crippen LogP contribution in [0.15, 0.2) is 70.4 Å². The van der Waals surface area contributed by atoms with Gasteiger partial charge in [0.2, 0.25) is 5.91 Å². The highest BCUT2D eigenvalue weighted by Gasteiger charge is 2.30. The van der Waals surface area contributed by atoms with Gasteiger partial charge in [0.25, 0.3) is 11.1 Å². The van der Waals surface area contributed by atoms with E-state index in [4.69, 9.17) is 10.5 Å². The first-order valence-electron chi connectivity index (χ1n) is 16.9. The van der Waals surface area contributed by atoms with E-state index in [9.17, 15) is 24.0 Å². The Labute approximate surface area is 303 Å². The first kappa shape index (κ1) is 39.4. The molecule has 2 fully saturated rings. The van der Waals surface area contributed by atoms with Crippen LogP contribution in [0.3, 0.4) is 0 Å². The smallest absolute Gasteiger partial charge is 0.407 e. The maximum Gasteiger partial charge on any atom is 0.407 e. The second-order valence-electron chi connectivity index (χ2n) is 14.0. The number of ether oxygens (including phenoxy) is 1. The predicted molar refractivity (Wildman–Crippen MR) is 202 cm³/mol. The fourth-order valence-corrected chi connectivity index (χ4v) is 6.41. The molecule has 2 aromatic carbocycles. The summed E-state index contributed by atoms with van der Waals surface area (Å²) in [5.41, 5.74) is 9.12. The summed E-state index contributed by atoms with van der Waals surface area (Å²) in [7, 11) is 0. The summed E-state index contributed by atoms with van der Waals surface area (Å²) in [6, 6.07) is 9.57. The minimum absolute atomic E-state index is 0. The van der Waals surface area contributed by atoms with Gasteiger partial charge in [0.1, 0.15) is 23.3 Å². The zero-order valence-electron chi connectivity index (χ0n) is 29.8. The number of benzene rings is 2. The van der Waals surface area contributed by atoms with Crippen LogP contribution < -0.4 is 27.5 Å². The number of Topliss-reactive ketones (excluding diaryl/α,β-unsaturated/α-hetero) is 1. The van der Waals surface area contributed by atoms with Gasteiger partial charge in [-0.15, -0.1) is 0 Å². The van der Waals surface area contributed by atoms with E-state index in [1.165, 1.54) is 9.13 Å². The first-order valence-corrected chi connectivity index (χ1v) is 16.9. The quantitative estimate of drug-likeness (QED) is 0.230. The molecule has 0 radical (unpaired) electrons. The average Bonchev–Trinajstić information content (AvgIpc) is 3.04. The molecule has 0 bridgehead atoms. The van der Waals surface area contributed by atoms with Crippen LogP contribution in [0, 0.1) is 13.8 Å². The highest BCUT2D eigenvalue weighted by atomic mass is 16.6. The van der Waals surface area contributed by atoms with Crippen molar-refractivity contribution in [1.29, 1.82) is 0 Å². The first-order chi connectivity index (χ1) is 24.1. The molecule has 1 aliphatic carbocycles. The van der Waals surface area contributed by atoms with Crippen LogP contribution in [0.5, 0.6) is 0 Å². The molecule has 4 aromatic rings. The summed E-state index contributed by atoms with van der Waals surface area (Å²) in [6.07, 6.45) is 2.32. The summed E-state index contributed by atoms with van der Waals surface area (Å²) in [5, 5.41) is 6.36. The highest BCUT2D eigenvalue weighted by Crippen LogP contribution is 2.28. The molecule has 13 heteroatoms. The van der Waals surface area contributed by atoms with Crippen molar-refractivity contribution in [3.8, 4) is 0 Å². The summed E-state index contributed by atoms with van der Waals surface area (Å²) >= 11 is 0. The lowest BCUT2D eigenvalue weighted by atomic mass is 9.90. The summed E-state index contributed by atoms with van der Waals surface area (Å²) in [4.78, 5) is 71.3.